The molecule has 10 heteroatoms. The highest BCUT2D eigenvalue weighted by atomic mass is 32.2. The van der Waals surface area contributed by atoms with E-state index >= 15 is 0 Å². The van der Waals surface area contributed by atoms with Gasteiger partial charge in [0.2, 0.25) is 10.0 Å². The Hall–Kier alpha value is -1.68. The van der Waals surface area contributed by atoms with Crippen LogP contribution < -0.4 is 0 Å². The fourth-order valence-corrected chi connectivity index (χ4v) is 4.41. The van der Waals surface area contributed by atoms with Gasteiger partial charge in [0.15, 0.2) is 0 Å². The van der Waals surface area contributed by atoms with E-state index in [4.69, 9.17) is 5.11 Å². The van der Waals surface area contributed by atoms with Crippen LogP contribution in [0.1, 0.15) is 25.3 Å². The van der Waals surface area contributed by atoms with Crippen LogP contribution in [0.3, 0.4) is 0 Å². The van der Waals surface area contributed by atoms with Gasteiger partial charge in [0, 0.05) is 12.6 Å². The average Bonchev–Trinajstić information content (AvgIpc) is 2.46. The molecule has 0 spiro atoms. The molecule has 1 N–H and O–H groups in total. The van der Waals surface area contributed by atoms with Crippen molar-refractivity contribution in [1.29, 1.82) is 0 Å². The molecule has 1 aliphatic rings. The van der Waals surface area contributed by atoms with Crippen LogP contribution in [-0.4, -0.2) is 36.4 Å². The molecule has 1 aromatic carbocycles. The van der Waals surface area contributed by atoms with Crippen LogP contribution >= 0.6 is 0 Å². The number of alkyl halides is 3. The van der Waals surface area contributed by atoms with Crippen molar-refractivity contribution in [2.45, 2.75) is 36.9 Å². The van der Waals surface area contributed by atoms with Gasteiger partial charge in [0.25, 0.3) is 0 Å². The number of hydrogen-bond acceptors (Lipinski definition) is 3. The molecular weight excluding hydrogens is 354 g/mol. The first-order valence-electron chi connectivity index (χ1n) is 7.06. The fourth-order valence-electron chi connectivity index (χ4n) is 2.62. The largest absolute Gasteiger partial charge is 0.481 e. The summed E-state index contributed by atoms with van der Waals surface area (Å²) in [6.45, 7) is 1.09. The van der Waals surface area contributed by atoms with Crippen molar-refractivity contribution in [3.63, 3.8) is 0 Å². The van der Waals surface area contributed by atoms with Crippen LogP contribution in [0.5, 0.6) is 0 Å². The number of carboxylic acids is 1. The number of halogens is 4. The van der Waals surface area contributed by atoms with E-state index in [-0.39, 0.29) is 18.9 Å². The summed E-state index contributed by atoms with van der Waals surface area (Å²) in [6, 6.07) is 0.494. The van der Waals surface area contributed by atoms with Gasteiger partial charge in [-0.15, -0.1) is 0 Å². The average molecular weight is 369 g/mol. The molecule has 1 fully saturated rings. The molecule has 2 rings (SSSR count). The molecule has 0 bridgehead atoms. The number of benzene rings is 1. The summed E-state index contributed by atoms with van der Waals surface area (Å²) in [5.74, 6) is -3.50. The van der Waals surface area contributed by atoms with Crippen molar-refractivity contribution < 1.29 is 35.9 Å². The lowest BCUT2D eigenvalue weighted by Crippen LogP contribution is -2.47. The van der Waals surface area contributed by atoms with Crippen LogP contribution in [0.4, 0.5) is 17.6 Å². The first-order chi connectivity index (χ1) is 10.9. The van der Waals surface area contributed by atoms with E-state index in [1.807, 2.05) is 0 Å². The van der Waals surface area contributed by atoms with Crippen LogP contribution in [0.2, 0.25) is 0 Å². The van der Waals surface area contributed by atoms with E-state index in [9.17, 15) is 30.8 Å². The number of carbonyl (C=O) groups is 1. The van der Waals surface area contributed by atoms with Crippen molar-refractivity contribution in [2.75, 3.05) is 6.54 Å². The third-order valence-corrected chi connectivity index (χ3v) is 6.01. The minimum absolute atomic E-state index is 0.219. The zero-order valence-electron chi connectivity index (χ0n) is 12.5. The monoisotopic (exact) mass is 369 g/mol. The Morgan fingerprint density at radius 3 is 2.46 bits per heavy atom. The van der Waals surface area contributed by atoms with Gasteiger partial charge in [-0.1, -0.05) is 0 Å². The first-order valence-corrected chi connectivity index (χ1v) is 8.50. The summed E-state index contributed by atoms with van der Waals surface area (Å²) in [5.41, 5.74) is -1.29. The van der Waals surface area contributed by atoms with E-state index in [0.29, 0.717) is 12.1 Å². The Kier molecular flexibility index (Phi) is 4.91. The van der Waals surface area contributed by atoms with E-state index < -0.39 is 56.9 Å². The van der Waals surface area contributed by atoms with E-state index in [0.717, 1.165) is 4.31 Å². The number of carboxylic acid groups (broad SMARTS) is 1. The van der Waals surface area contributed by atoms with Crippen molar-refractivity contribution in [3.8, 4) is 0 Å². The summed E-state index contributed by atoms with van der Waals surface area (Å²) in [7, 11) is -4.60. The van der Waals surface area contributed by atoms with Crippen molar-refractivity contribution in [3.05, 3.63) is 29.6 Å². The van der Waals surface area contributed by atoms with Crippen LogP contribution in [0.25, 0.3) is 0 Å². The highest BCUT2D eigenvalue weighted by Gasteiger charge is 2.40. The Morgan fingerprint density at radius 2 is 1.92 bits per heavy atom. The van der Waals surface area contributed by atoms with Gasteiger partial charge >= 0.3 is 12.1 Å². The molecule has 2 unspecified atom stereocenters. The van der Waals surface area contributed by atoms with E-state index in [1.54, 1.807) is 0 Å². The van der Waals surface area contributed by atoms with Gasteiger partial charge in [-0.2, -0.15) is 17.5 Å². The second kappa shape index (κ2) is 6.32. The lowest BCUT2D eigenvalue weighted by Gasteiger charge is -2.35. The maximum Gasteiger partial charge on any atom is 0.416 e. The molecule has 0 saturated carbocycles. The van der Waals surface area contributed by atoms with Gasteiger partial charge in [0.1, 0.15) is 10.7 Å². The molecule has 0 aliphatic carbocycles. The molecule has 1 saturated heterocycles. The predicted molar refractivity (Wildman–Crippen MR) is 75.1 cm³/mol. The van der Waals surface area contributed by atoms with Crippen LogP contribution in [-0.2, 0) is 21.0 Å². The number of rotatable bonds is 3. The molecule has 0 aromatic heterocycles. The van der Waals surface area contributed by atoms with Crippen LogP contribution in [0, 0.1) is 11.7 Å². The Bertz CT molecular complexity index is 748. The summed E-state index contributed by atoms with van der Waals surface area (Å²) in [6.07, 6.45) is -4.36. The number of piperidine rings is 1. The number of sulfonamides is 1. The molecule has 1 aliphatic heterocycles. The molecule has 0 amide bonds. The molecule has 0 radical (unpaired) electrons. The number of hydrogen-bond donors (Lipinski definition) is 1. The standard InChI is InChI=1S/C14H15F4NO4S/c1-8-2-3-9(13(20)21)7-19(8)24(22,23)12-6-10(14(16,17)18)4-5-11(12)15/h4-6,8-9H,2-3,7H2,1H3,(H,20,21). The second-order valence-electron chi connectivity index (χ2n) is 5.68. The highest BCUT2D eigenvalue weighted by molar-refractivity contribution is 7.89. The topological polar surface area (TPSA) is 74.7 Å². The minimum Gasteiger partial charge on any atom is -0.481 e. The molecule has 134 valence electrons. The van der Waals surface area contributed by atoms with Crippen molar-refractivity contribution >= 4 is 16.0 Å². The minimum atomic E-state index is -4.82. The second-order valence-corrected chi connectivity index (χ2v) is 7.54. The fraction of sp³-hybridized carbons (Fsp3) is 0.500. The summed E-state index contributed by atoms with van der Waals surface area (Å²) < 4.78 is 78.1. The SMILES string of the molecule is CC1CCC(C(=O)O)CN1S(=O)(=O)c1cc(C(F)(F)F)ccc1F. The quantitative estimate of drug-likeness (QED) is 0.832. The molecule has 2 atom stereocenters. The highest BCUT2D eigenvalue weighted by Crippen LogP contribution is 2.34. The maximum absolute atomic E-state index is 13.9. The third-order valence-electron chi connectivity index (χ3n) is 4.02. The number of nitrogens with zero attached hydrogens (tertiary/aromatic N) is 1. The molecular formula is C14H15F4NO4S. The maximum atomic E-state index is 13.9. The first kappa shape index (κ1) is 18.7. The van der Waals surface area contributed by atoms with Crippen molar-refractivity contribution in [1.82, 2.24) is 4.31 Å². The lowest BCUT2D eigenvalue weighted by molar-refractivity contribution is -0.143. The number of aliphatic carboxylic acids is 1. The summed E-state index contributed by atoms with van der Waals surface area (Å²) in [4.78, 5) is 9.98. The van der Waals surface area contributed by atoms with E-state index in [2.05, 4.69) is 0 Å². The van der Waals surface area contributed by atoms with Gasteiger partial charge in [-0.3, -0.25) is 4.79 Å². The Morgan fingerprint density at radius 1 is 1.29 bits per heavy atom. The molecule has 1 aromatic rings. The predicted octanol–water partition coefficient (Wildman–Crippen LogP) is 2.72. The van der Waals surface area contributed by atoms with Crippen molar-refractivity contribution in [2.24, 2.45) is 5.92 Å². The van der Waals surface area contributed by atoms with Crippen LogP contribution in [0.15, 0.2) is 23.1 Å². The zero-order valence-corrected chi connectivity index (χ0v) is 13.4. The molecule has 1 heterocycles. The zero-order chi connectivity index (χ0) is 18.3. The van der Waals surface area contributed by atoms with Gasteiger partial charge in [-0.05, 0) is 38.0 Å². The molecule has 5 nitrogen and oxygen atoms in total. The Labute approximate surface area is 135 Å². The van der Waals surface area contributed by atoms with E-state index in [1.165, 1.54) is 6.92 Å². The van der Waals surface area contributed by atoms with Gasteiger partial charge < -0.3 is 5.11 Å². The summed E-state index contributed by atoms with van der Waals surface area (Å²) in [5, 5.41) is 9.04. The summed E-state index contributed by atoms with van der Waals surface area (Å²) >= 11 is 0. The normalized spacial score (nSPS) is 23.2. The lowest BCUT2D eigenvalue weighted by atomic mass is 9.96. The smallest absolute Gasteiger partial charge is 0.416 e. The van der Waals surface area contributed by atoms with Gasteiger partial charge in [-0.25, -0.2) is 12.8 Å². The van der Waals surface area contributed by atoms with Gasteiger partial charge in [0.05, 0.1) is 11.5 Å². The Balaban J connectivity index is 2.48. The third kappa shape index (κ3) is 3.54. The molecule has 24 heavy (non-hydrogen) atoms.